The third kappa shape index (κ3) is 4.69. The molecule has 2 saturated heterocycles. The van der Waals surface area contributed by atoms with Crippen molar-refractivity contribution in [3.63, 3.8) is 0 Å². The van der Waals surface area contributed by atoms with Crippen LogP contribution in [0.4, 0.5) is 16.2 Å². The number of ether oxygens (including phenoxy) is 2. The smallest absolute Gasteiger partial charge is 0.325 e. The summed E-state index contributed by atoms with van der Waals surface area (Å²) in [6, 6.07) is 12.2. The highest BCUT2D eigenvalue weighted by Gasteiger charge is 2.49. The zero-order chi connectivity index (χ0) is 25.3. The van der Waals surface area contributed by atoms with Gasteiger partial charge in [-0.2, -0.15) is 0 Å². The molecular formula is C27H32N4O5. The Kier molecular flexibility index (Phi) is 6.47. The minimum atomic E-state index is -1.31. The van der Waals surface area contributed by atoms with Crippen LogP contribution in [0.2, 0.25) is 0 Å². The van der Waals surface area contributed by atoms with Gasteiger partial charge in [0, 0.05) is 30.9 Å². The van der Waals surface area contributed by atoms with Gasteiger partial charge in [-0.25, -0.2) is 4.79 Å². The fourth-order valence-corrected chi connectivity index (χ4v) is 4.88. The Balaban J connectivity index is 1.23. The van der Waals surface area contributed by atoms with Gasteiger partial charge in [0.1, 0.15) is 12.1 Å². The van der Waals surface area contributed by atoms with E-state index in [2.05, 4.69) is 22.5 Å². The van der Waals surface area contributed by atoms with E-state index in [4.69, 9.17) is 9.47 Å². The maximum Gasteiger partial charge on any atom is 0.325 e. The van der Waals surface area contributed by atoms with Crippen LogP contribution < -0.4 is 25.0 Å². The molecule has 36 heavy (non-hydrogen) atoms. The number of carbonyl (C=O) groups is 3. The molecule has 0 aromatic heterocycles. The number of hydrogen-bond donors (Lipinski definition) is 2. The molecular weight excluding hydrogens is 460 g/mol. The van der Waals surface area contributed by atoms with E-state index in [0.717, 1.165) is 36.0 Å². The van der Waals surface area contributed by atoms with Gasteiger partial charge in [0.15, 0.2) is 11.5 Å². The molecule has 0 aliphatic carbocycles. The van der Waals surface area contributed by atoms with Crippen LogP contribution in [0, 0.1) is 5.92 Å². The van der Waals surface area contributed by atoms with Crippen molar-refractivity contribution < 1.29 is 23.9 Å². The lowest BCUT2D eigenvalue weighted by atomic mass is 9.91. The van der Waals surface area contributed by atoms with Crippen molar-refractivity contribution in [1.29, 1.82) is 0 Å². The van der Waals surface area contributed by atoms with Crippen molar-refractivity contribution in [1.82, 2.24) is 10.2 Å². The molecule has 9 heteroatoms. The molecule has 2 N–H and O–H groups in total. The average molecular weight is 493 g/mol. The Bertz CT molecular complexity index is 1160. The molecule has 3 heterocycles. The molecule has 2 fully saturated rings. The first-order valence-corrected chi connectivity index (χ1v) is 12.5. The van der Waals surface area contributed by atoms with Crippen molar-refractivity contribution in [2.24, 2.45) is 5.92 Å². The van der Waals surface area contributed by atoms with Crippen LogP contribution in [0.25, 0.3) is 0 Å². The minimum Gasteiger partial charge on any atom is -0.490 e. The SMILES string of the molecule is CC1CCN(c2ccc(NC(=O)CN3C(=O)N[C@](C)(c4ccc5c(c4)OCCCO5)C3=O)cc2)CC1. The summed E-state index contributed by atoms with van der Waals surface area (Å²) in [4.78, 5) is 42.0. The normalized spacial score (nSPS) is 22.3. The Morgan fingerprint density at radius 3 is 2.47 bits per heavy atom. The number of urea groups is 1. The van der Waals surface area contributed by atoms with Crippen molar-refractivity contribution in [2.45, 2.75) is 38.6 Å². The van der Waals surface area contributed by atoms with Gasteiger partial charge < -0.3 is 25.0 Å². The molecule has 0 radical (unpaired) electrons. The van der Waals surface area contributed by atoms with E-state index in [9.17, 15) is 14.4 Å². The van der Waals surface area contributed by atoms with Crippen molar-refractivity contribution in [3.8, 4) is 11.5 Å². The van der Waals surface area contributed by atoms with Gasteiger partial charge in [0.05, 0.1) is 13.2 Å². The number of imide groups is 1. The van der Waals surface area contributed by atoms with Gasteiger partial charge in [-0.3, -0.25) is 14.5 Å². The van der Waals surface area contributed by atoms with Crippen LogP contribution in [-0.4, -0.2) is 55.6 Å². The molecule has 0 saturated carbocycles. The zero-order valence-corrected chi connectivity index (χ0v) is 20.7. The lowest BCUT2D eigenvalue weighted by Crippen LogP contribution is -2.42. The third-order valence-corrected chi connectivity index (χ3v) is 7.20. The second-order valence-corrected chi connectivity index (χ2v) is 9.92. The molecule has 0 bridgehead atoms. The number of hydrogen-bond acceptors (Lipinski definition) is 6. The van der Waals surface area contributed by atoms with Gasteiger partial charge in [-0.1, -0.05) is 13.0 Å². The van der Waals surface area contributed by atoms with E-state index in [1.807, 2.05) is 24.3 Å². The number of benzene rings is 2. The van der Waals surface area contributed by atoms with Crippen LogP contribution in [0.15, 0.2) is 42.5 Å². The summed E-state index contributed by atoms with van der Waals surface area (Å²) in [6.45, 7) is 6.66. The maximum atomic E-state index is 13.3. The van der Waals surface area contributed by atoms with E-state index >= 15 is 0 Å². The fraction of sp³-hybridized carbons (Fsp3) is 0.444. The predicted molar refractivity (Wildman–Crippen MR) is 135 cm³/mol. The molecule has 9 nitrogen and oxygen atoms in total. The van der Waals surface area contributed by atoms with Gasteiger partial charge >= 0.3 is 6.03 Å². The number of fused-ring (bicyclic) bond motifs is 1. The molecule has 2 aromatic carbocycles. The van der Waals surface area contributed by atoms with Gasteiger partial charge in [0.2, 0.25) is 5.91 Å². The van der Waals surface area contributed by atoms with Crippen molar-refractivity contribution >= 4 is 29.2 Å². The van der Waals surface area contributed by atoms with Gasteiger partial charge in [-0.15, -0.1) is 0 Å². The van der Waals surface area contributed by atoms with Crippen molar-refractivity contribution in [2.75, 3.05) is 43.1 Å². The molecule has 2 aromatic rings. The Hall–Kier alpha value is -3.75. The standard InChI is InChI=1S/C27H32N4O5/c1-18-10-12-30(13-11-18)21-7-5-20(6-8-21)28-24(32)17-31-25(33)27(2,29-26(31)34)19-4-9-22-23(16-19)36-15-3-14-35-22/h4-9,16,18H,3,10-15,17H2,1-2H3,(H,28,32)(H,29,34)/t27-/m1/s1. The quantitative estimate of drug-likeness (QED) is 0.620. The van der Waals surface area contributed by atoms with E-state index in [-0.39, 0.29) is 6.54 Å². The summed E-state index contributed by atoms with van der Waals surface area (Å²) >= 11 is 0. The summed E-state index contributed by atoms with van der Waals surface area (Å²) in [7, 11) is 0. The number of anilines is 2. The molecule has 3 aliphatic rings. The number of amides is 4. The summed E-state index contributed by atoms with van der Waals surface area (Å²) in [6.07, 6.45) is 3.12. The molecule has 5 rings (SSSR count). The number of nitrogens with one attached hydrogen (secondary N) is 2. The Labute approximate surface area is 210 Å². The van der Waals surface area contributed by atoms with Gasteiger partial charge in [-0.05, 0) is 67.6 Å². The minimum absolute atomic E-state index is 0.378. The third-order valence-electron chi connectivity index (χ3n) is 7.20. The lowest BCUT2D eigenvalue weighted by molar-refractivity contribution is -0.133. The number of nitrogens with zero attached hydrogens (tertiary/aromatic N) is 2. The maximum absolute atomic E-state index is 13.3. The summed E-state index contributed by atoms with van der Waals surface area (Å²) in [5, 5.41) is 5.53. The predicted octanol–water partition coefficient (Wildman–Crippen LogP) is 3.49. The monoisotopic (exact) mass is 492 g/mol. The second kappa shape index (κ2) is 9.72. The topological polar surface area (TPSA) is 100 Å². The highest BCUT2D eigenvalue weighted by Crippen LogP contribution is 2.36. The Morgan fingerprint density at radius 2 is 1.75 bits per heavy atom. The fourth-order valence-electron chi connectivity index (χ4n) is 4.88. The molecule has 3 aliphatic heterocycles. The summed E-state index contributed by atoms with van der Waals surface area (Å²) in [5.74, 6) is 0.958. The number of rotatable bonds is 5. The van der Waals surface area contributed by atoms with Crippen LogP contribution >= 0.6 is 0 Å². The number of carbonyl (C=O) groups excluding carboxylic acids is 3. The first kappa shape index (κ1) is 24.0. The van der Waals surface area contributed by atoms with Crippen LogP contribution in [0.1, 0.15) is 38.7 Å². The number of piperidine rings is 1. The van der Waals surface area contributed by atoms with E-state index in [1.165, 1.54) is 12.8 Å². The highest BCUT2D eigenvalue weighted by atomic mass is 16.5. The molecule has 190 valence electrons. The molecule has 0 spiro atoms. The highest BCUT2D eigenvalue weighted by molar-refractivity contribution is 6.10. The lowest BCUT2D eigenvalue weighted by Gasteiger charge is -2.32. The average Bonchev–Trinajstić information content (AvgIpc) is 3.02. The van der Waals surface area contributed by atoms with Crippen molar-refractivity contribution in [3.05, 3.63) is 48.0 Å². The second-order valence-electron chi connectivity index (χ2n) is 9.92. The van der Waals surface area contributed by atoms with Crippen LogP contribution in [0.5, 0.6) is 11.5 Å². The summed E-state index contributed by atoms with van der Waals surface area (Å²) < 4.78 is 11.4. The van der Waals surface area contributed by atoms with Crippen LogP contribution in [0.3, 0.4) is 0 Å². The van der Waals surface area contributed by atoms with E-state index < -0.39 is 23.4 Å². The van der Waals surface area contributed by atoms with E-state index in [1.54, 1.807) is 25.1 Å². The van der Waals surface area contributed by atoms with E-state index in [0.29, 0.717) is 36.0 Å². The molecule has 4 amide bonds. The first-order valence-electron chi connectivity index (χ1n) is 12.5. The zero-order valence-electron chi connectivity index (χ0n) is 20.7. The van der Waals surface area contributed by atoms with Gasteiger partial charge in [0.25, 0.3) is 5.91 Å². The first-order chi connectivity index (χ1) is 17.3. The summed E-state index contributed by atoms with van der Waals surface area (Å²) in [5.41, 5.74) is 0.998. The molecule has 1 atom stereocenters. The molecule has 0 unspecified atom stereocenters. The van der Waals surface area contributed by atoms with Crippen LogP contribution in [-0.2, 0) is 15.1 Å². The Morgan fingerprint density at radius 1 is 1.06 bits per heavy atom. The largest absolute Gasteiger partial charge is 0.490 e.